The number of aromatic nitrogens is 3. The lowest BCUT2D eigenvalue weighted by Gasteiger charge is -2.14. The molecular weight excluding hydrogens is 292 g/mol. The maximum Gasteiger partial charge on any atom is 0.349 e. The van der Waals surface area contributed by atoms with Gasteiger partial charge >= 0.3 is 5.97 Å². The van der Waals surface area contributed by atoms with Crippen LogP contribution in [0.2, 0.25) is 0 Å². The minimum atomic E-state index is -1.31. The first-order valence-electron chi connectivity index (χ1n) is 6.04. The summed E-state index contributed by atoms with van der Waals surface area (Å²) >= 11 is 1.24. The summed E-state index contributed by atoms with van der Waals surface area (Å²) in [5.74, 6) is -1.67. The summed E-state index contributed by atoms with van der Waals surface area (Å²) in [5.41, 5.74) is 1.10. The molecule has 0 radical (unpaired) electrons. The third-order valence-corrected chi connectivity index (χ3v) is 3.74. The van der Waals surface area contributed by atoms with E-state index >= 15 is 0 Å². The molecule has 1 unspecified atom stereocenters. The van der Waals surface area contributed by atoms with E-state index in [-0.39, 0.29) is 0 Å². The van der Waals surface area contributed by atoms with Gasteiger partial charge < -0.3 is 10.4 Å². The number of nitrogens with one attached hydrogen (secondary N) is 1. The lowest BCUT2D eigenvalue weighted by atomic mass is 10.3. The molecule has 2 aromatic heterocycles. The Labute approximate surface area is 122 Å². The second kappa shape index (κ2) is 5.33. The smallest absolute Gasteiger partial charge is 0.349 e. The highest BCUT2D eigenvalue weighted by atomic mass is 32.1. The topological polar surface area (TPSA) is 97.1 Å². The molecule has 7 nitrogen and oxygen atoms in total. The average Bonchev–Trinajstić information content (AvgIpc) is 3.14. The van der Waals surface area contributed by atoms with Gasteiger partial charge in [0.15, 0.2) is 0 Å². The maximum absolute atomic E-state index is 12.0. The number of carbonyl (C=O) groups excluding carboxylic acids is 1. The zero-order valence-electron chi connectivity index (χ0n) is 10.6. The van der Waals surface area contributed by atoms with Gasteiger partial charge in [-0.15, -0.1) is 16.4 Å². The number of hydrogen-bond donors (Lipinski definition) is 2. The molecule has 0 aliphatic rings. The standard InChI is InChI=1S/C13H10N4O3S/c18-12(10-6-3-7-21-10)14-11(13(19)20)17-9-5-2-1-4-8(9)15-16-17/h1-7,11H,(H,14,18)(H,19,20). The first-order chi connectivity index (χ1) is 10.2. The van der Waals surface area contributed by atoms with Crippen LogP contribution in [0.1, 0.15) is 15.8 Å². The average molecular weight is 302 g/mol. The molecule has 1 amide bonds. The number of carboxylic acid groups (broad SMARTS) is 1. The van der Waals surface area contributed by atoms with E-state index in [1.54, 1.807) is 41.8 Å². The molecule has 0 spiro atoms. The second-order valence-corrected chi connectivity index (χ2v) is 5.16. The molecule has 0 fully saturated rings. The van der Waals surface area contributed by atoms with Gasteiger partial charge in [0.25, 0.3) is 5.91 Å². The summed E-state index contributed by atoms with van der Waals surface area (Å²) in [5, 5.41) is 21.3. The fraction of sp³-hybridized carbons (Fsp3) is 0.0769. The fourth-order valence-corrected chi connectivity index (χ4v) is 2.54. The molecule has 2 N–H and O–H groups in total. The number of aliphatic carboxylic acids is 1. The number of carbonyl (C=O) groups is 2. The molecule has 0 saturated heterocycles. The van der Waals surface area contributed by atoms with Crippen molar-refractivity contribution in [3.8, 4) is 0 Å². The van der Waals surface area contributed by atoms with Crippen molar-refractivity contribution in [1.29, 1.82) is 0 Å². The SMILES string of the molecule is O=C(NC(C(=O)O)n1nnc2ccccc21)c1cccs1. The third kappa shape index (κ3) is 2.48. The molecule has 8 heteroatoms. The first kappa shape index (κ1) is 13.3. The van der Waals surface area contributed by atoms with Gasteiger partial charge in [-0.1, -0.05) is 23.4 Å². The summed E-state index contributed by atoms with van der Waals surface area (Å²) in [6, 6.07) is 10.3. The van der Waals surface area contributed by atoms with Crippen LogP contribution in [0, 0.1) is 0 Å². The number of thiophene rings is 1. The summed E-state index contributed by atoms with van der Waals surface area (Å²) in [6.45, 7) is 0. The number of rotatable bonds is 4. The Morgan fingerprint density at radius 1 is 1.24 bits per heavy atom. The van der Waals surface area contributed by atoms with E-state index in [1.807, 2.05) is 0 Å². The van der Waals surface area contributed by atoms with E-state index in [0.29, 0.717) is 15.9 Å². The Morgan fingerprint density at radius 3 is 2.76 bits per heavy atom. The number of amides is 1. The quantitative estimate of drug-likeness (QED) is 0.761. The lowest BCUT2D eigenvalue weighted by Crippen LogP contribution is -2.38. The predicted octanol–water partition coefficient (Wildman–Crippen LogP) is 1.51. The zero-order chi connectivity index (χ0) is 14.8. The number of benzene rings is 1. The van der Waals surface area contributed by atoms with Crippen LogP contribution in [-0.2, 0) is 4.79 Å². The van der Waals surface area contributed by atoms with Crippen LogP contribution in [0.15, 0.2) is 41.8 Å². The van der Waals surface area contributed by atoms with Crippen molar-refractivity contribution in [3.05, 3.63) is 46.7 Å². The van der Waals surface area contributed by atoms with Gasteiger partial charge in [0.1, 0.15) is 5.52 Å². The highest BCUT2D eigenvalue weighted by molar-refractivity contribution is 7.12. The van der Waals surface area contributed by atoms with Gasteiger partial charge in [-0.3, -0.25) is 4.79 Å². The van der Waals surface area contributed by atoms with E-state index < -0.39 is 18.0 Å². The number of para-hydroxylation sites is 1. The van der Waals surface area contributed by atoms with Crippen molar-refractivity contribution in [3.63, 3.8) is 0 Å². The predicted molar refractivity (Wildman–Crippen MR) is 76.0 cm³/mol. The van der Waals surface area contributed by atoms with Crippen LogP contribution >= 0.6 is 11.3 Å². The van der Waals surface area contributed by atoms with Crippen molar-refractivity contribution < 1.29 is 14.7 Å². The Kier molecular flexibility index (Phi) is 3.36. The van der Waals surface area contributed by atoms with Crippen LogP contribution < -0.4 is 5.32 Å². The third-order valence-electron chi connectivity index (χ3n) is 2.87. The van der Waals surface area contributed by atoms with E-state index in [1.165, 1.54) is 16.0 Å². The fourth-order valence-electron chi connectivity index (χ4n) is 1.91. The van der Waals surface area contributed by atoms with Gasteiger partial charge in [0.2, 0.25) is 6.17 Å². The number of nitrogens with zero attached hydrogens (tertiary/aromatic N) is 3. The number of fused-ring (bicyclic) bond motifs is 1. The van der Waals surface area contributed by atoms with Crippen LogP contribution in [0.5, 0.6) is 0 Å². The number of hydrogen-bond acceptors (Lipinski definition) is 5. The minimum Gasteiger partial charge on any atom is -0.478 e. The Hall–Kier alpha value is -2.74. The Balaban J connectivity index is 1.95. The summed E-state index contributed by atoms with van der Waals surface area (Å²) in [7, 11) is 0. The van der Waals surface area contributed by atoms with Crippen LogP contribution in [-0.4, -0.2) is 32.0 Å². The van der Waals surface area contributed by atoms with Crippen LogP contribution in [0.3, 0.4) is 0 Å². The summed E-state index contributed by atoms with van der Waals surface area (Å²) in [4.78, 5) is 23.9. The summed E-state index contributed by atoms with van der Waals surface area (Å²) in [6.07, 6.45) is -1.31. The highest BCUT2D eigenvalue weighted by Gasteiger charge is 2.25. The van der Waals surface area contributed by atoms with Crippen LogP contribution in [0.4, 0.5) is 0 Å². The molecule has 3 aromatic rings. The van der Waals surface area contributed by atoms with E-state index in [0.717, 1.165) is 0 Å². The van der Waals surface area contributed by atoms with Crippen molar-refractivity contribution in [1.82, 2.24) is 20.3 Å². The van der Waals surface area contributed by atoms with Gasteiger partial charge in [-0.05, 0) is 23.6 Å². The monoisotopic (exact) mass is 302 g/mol. The molecule has 3 rings (SSSR count). The Morgan fingerprint density at radius 2 is 2.05 bits per heavy atom. The molecule has 2 heterocycles. The second-order valence-electron chi connectivity index (χ2n) is 4.21. The first-order valence-corrected chi connectivity index (χ1v) is 6.92. The molecule has 106 valence electrons. The molecule has 21 heavy (non-hydrogen) atoms. The van der Waals surface area contributed by atoms with Gasteiger partial charge in [-0.25, -0.2) is 9.48 Å². The Bertz CT molecular complexity index is 797. The highest BCUT2D eigenvalue weighted by Crippen LogP contribution is 2.16. The van der Waals surface area contributed by atoms with Gasteiger partial charge in [0.05, 0.1) is 10.4 Å². The van der Waals surface area contributed by atoms with E-state index in [4.69, 9.17) is 0 Å². The maximum atomic E-state index is 12.0. The van der Waals surface area contributed by atoms with Crippen molar-refractivity contribution in [2.45, 2.75) is 6.17 Å². The normalized spacial score (nSPS) is 12.2. The van der Waals surface area contributed by atoms with Gasteiger partial charge in [-0.2, -0.15) is 0 Å². The van der Waals surface area contributed by atoms with Crippen LogP contribution in [0.25, 0.3) is 11.0 Å². The molecule has 0 aliphatic carbocycles. The number of carboxylic acids is 1. The van der Waals surface area contributed by atoms with E-state index in [2.05, 4.69) is 15.6 Å². The summed E-state index contributed by atoms with van der Waals surface area (Å²) < 4.78 is 1.18. The molecular formula is C13H10N4O3S. The minimum absolute atomic E-state index is 0.436. The lowest BCUT2D eigenvalue weighted by molar-refractivity contribution is -0.141. The molecule has 1 atom stereocenters. The molecule has 0 aliphatic heterocycles. The van der Waals surface area contributed by atoms with Crippen molar-refractivity contribution in [2.24, 2.45) is 0 Å². The van der Waals surface area contributed by atoms with Gasteiger partial charge in [0, 0.05) is 0 Å². The van der Waals surface area contributed by atoms with E-state index in [9.17, 15) is 14.7 Å². The largest absolute Gasteiger partial charge is 0.478 e. The molecule has 0 saturated carbocycles. The van der Waals surface area contributed by atoms with Crippen molar-refractivity contribution in [2.75, 3.05) is 0 Å². The molecule has 1 aromatic carbocycles. The molecule has 0 bridgehead atoms. The van der Waals surface area contributed by atoms with Crippen molar-refractivity contribution >= 4 is 34.2 Å². The zero-order valence-corrected chi connectivity index (χ0v) is 11.4.